The van der Waals surface area contributed by atoms with Crippen LogP contribution in [-0.2, 0) is 4.74 Å². The number of hydrogen-bond acceptors (Lipinski definition) is 21. The Labute approximate surface area is 807 Å². The molecule has 1 atom stereocenters. The molecule has 0 aliphatic carbocycles. The number of benzene rings is 10. The van der Waals surface area contributed by atoms with E-state index < -0.39 is 6.10 Å². The van der Waals surface area contributed by atoms with E-state index >= 15 is 0 Å². The van der Waals surface area contributed by atoms with Crippen molar-refractivity contribution < 1.29 is 38.6 Å². The summed E-state index contributed by atoms with van der Waals surface area (Å²) in [7, 11) is 3.74. The quantitative estimate of drug-likeness (QED) is 0.0233. The molecule has 10 aromatic carbocycles. The van der Waals surface area contributed by atoms with E-state index in [1.54, 1.807) is 7.11 Å². The summed E-state index contributed by atoms with van der Waals surface area (Å²) >= 11 is 0. The molecule has 0 amide bonds. The first-order valence-electron chi connectivity index (χ1n) is 46.5. The molecule has 0 bridgehead atoms. The Balaban J connectivity index is 0.000000113. The minimum absolute atomic E-state index is 0.104. The van der Waals surface area contributed by atoms with E-state index in [-0.39, 0.29) is 41.0 Å². The second-order valence-corrected chi connectivity index (χ2v) is 34.3. The van der Waals surface area contributed by atoms with E-state index in [1.165, 1.54) is 31.6 Å². The Kier molecular flexibility index (Phi) is 28.8. The van der Waals surface area contributed by atoms with Crippen molar-refractivity contribution in [2.24, 2.45) is 11.8 Å². The number of aromatic amines is 5. The zero-order chi connectivity index (χ0) is 96.5. The summed E-state index contributed by atoms with van der Waals surface area (Å²) in [6.07, 6.45) is 16.9. The first kappa shape index (κ1) is 93.1. The van der Waals surface area contributed by atoms with Crippen molar-refractivity contribution in [3.8, 4) is 113 Å². The number of nitrogens with one attached hydrogen (secondary N) is 6. The van der Waals surface area contributed by atoms with E-state index in [4.69, 9.17) is 33.5 Å². The number of fused-ring (bicyclic) bond motifs is 5. The highest BCUT2D eigenvalue weighted by molar-refractivity contribution is 5.99. The van der Waals surface area contributed by atoms with Gasteiger partial charge in [0.15, 0.2) is 22.6 Å². The topological polar surface area (TPSA) is 368 Å². The molecule has 0 spiro atoms. The number of rotatable bonds is 26. The van der Waals surface area contributed by atoms with Gasteiger partial charge in [0.1, 0.15) is 52.5 Å². The molecule has 8 N–H and O–H groups in total. The van der Waals surface area contributed by atoms with Crippen LogP contribution in [0.25, 0.3) is 139 Å². The van der Waals surface area contributed by atoms with Crippen LogP contribution in [0.5, 0.6) is 28.7 Å². The van der Waals surface area contributed by atoms with Gasteiger partial charge in [-0.3, -0.25) is 28.9 Å². The van der Waals surface area contributed by atoms with Crippen molar-refractivity contribution in [2.45, 2.75) is 12.5 Å². The number of nitrogens with zero attached hydrogens (tertiary/aromatic N) is 12. The van der Waals surface area contributed by atoms with E-state index in [9.17, 15) is 29.1 Å². The molecular formula is C110H102N18O13. The molecule has 13 heterocycles. The smallest absolute Gasteiger partial charge is 0.275 e. The Morgan fingerprint density at radius 3 is 1.13 bits per heavy atom. The standard InChI is InChI=1S/C26H28N4O5.C23H22N4O2.C22H20N4O2.C21H19N3O3.C18H13N3O/c1-33-22-4-2-3-19(13-22)30-15-23(24-25(30)27-17-28-26(24)32)18-5-7-21(8-6-18)35-16-20(31)14-29-9-11-34-12-10-29;1-26-11-16(12-26)14-29-19-9-7-17(8-10-19)20-13-27(18-5-3-2-4-6-18)22-21(20)23(28)25-15-24-22;27-22-20-19(16-6-8-18(9-7-16)28-13-15-10-23-11-15)12-26(21(20)24-14-25-22)17-4-2-1-3-5-17;25-11-4-12-27-17-9-7-15(8-10-17)18-13-24(16-5-2-1-3-6-16)20-19(18)21(26)23-14-22-20;22-18-17-16(19-12-20-18)15(13-7-3-1-4-8-13)11-21(17)14-9-5-2-6-10-14/h2-8,13,15,17,20,31H,9-12,14,16H2,1H3,(H,27,28,32);2-10,13,15-16H,11-12,14H2,1H3,(H,24,25,28);1-9,12,14-15,23H,10-11,13H2,(H,24,25,27);1-3,5-10,13-14,25H,4,11-12H2,(H,22,23,26);1-12H,(H,19,20,22). The van der Waals surface area contributed by atoms with E-state index in [0.29, 0.717) is 111 Å². The molecule has 10 aromatic heterocycles. The number of aromatic nitrogens is 15. The number of hydrogen-bond donors (Lipinski definition) is 8. The van der Waals surface area contributed by atoms with E-state index in [1.807, 2.05) is 327 Å². The third-order valence-corrected chi connectivity index (χ3v) is 24.7. The largest absolute Gasteiger partial charge is 0.497 e. The summed E-state index contributed by atoms with van der Waals surface area (Å²) in [5.41, 5.74) is 16.5. The lowest BCUT2D eigenvalue weighted by Gasteiger charge is -2.35. The molecule has 710 valence electrons. The van der Waals surface area contributed by atoms with Gasteiger partial charge in [0, 0.05) is 158 Å². The monoisotopic (exact) mass is 1880 g/mol. The van der Waals surface area contributed by atoms with Crippen LogP contribution in [-0.4, -0.2) is 205 Å². The molecule has 3 aliphatic rings. The highest BCUT2D eigenvalue weighted by Gasteiger charge is 2.27. The molecule has 0 saturated carbocycles. The van der Waals surface area contributed by atoms with Crippen molar-refractivity contribution >= 4 is 55.2 Å². The SMILES string of the molecule is CN1CC(COc2ccc(-c3cn(-c4ccccc4)c4nc[nH]c(=O)c34)cc2)C1.COc1cccc(-n2cc(-c3ccc(OCC(O)CN4CCOCC4)cc3)c3c(=O)[nH]cnc32)c1.O=c1[nH]cnc2c(-c3ccccc3)cn(-c3ccccc3)c12.O=c1[nH]cnc2c1c(-c1ccc(OCC3CNC3)cc1)cn2-c1ccccc1.O=c1[nH]cnc2c1c(-c1ccc(OCCCO)cc1)cn2-c1ccccc1. The maximum atomic E-state index is 12.8. The second-order valence-electron chi connectivity index (χ2n) is 34.3. The minimum Gasteiger partial charge on any atom is -0.497 e. The fraction of sp³-hybridized carbons (Fsp3) is 0.182. The number of aliphatic hydroxyl groups excluding tert-OH is 2. The summed E-state index contributed by atoms with van der Waals surface area (Å²) in [5.74, 6) is 4.98. The van der Waals surface area contributed by atoms with Crippen molar-refractivity contribution in [3.63, 3.8) is 0 Å². The van der Waals surface area contributed by atoms with Gasteiger partial charge in [-0.05, 0) is 144 Å². The summed E-state index contributed by atoms with van der Waals surface area (Å²) < 4.78 is 43.5. The lowest BCUT2D eigenvalue weighted by Crippen LogP contribution is -2.46. The molecule has 20 aromatic rings. The van der Waals surface area contributed by atoms with E-state index in [2.05, 4.69) is 72.0 Å². The molecular weight excluding hydrogens is 1780 g/mol. The molecule has 141 heavy (non-hydrogen) atoms. The molecule has 3 fully saturated rings. The maximum Gasteiger partial charge on any atom is 0.275 e. The number of aliphatic hydroxyl groups is 2. The van der Waals surface area contributed by atoms with Crippen LogP contribution in [0.3, 0.4) is 0 Å². The average molecular weight is 1880 g/mol. The van der Waals surface area contributed by atoms with Crippen LogP contribution in [0, 0.1) is 11.8 Å². The summed E-state index contributed by atoms with van der Waals surface area (Å²) in [5, 5.41) is 24.6. The Morgan fingerprint density at radius 2 is 0.738 bits per heavy atom. The number of ether oxygens (including phenoxy) is 6. The number of H-pyrrole nitrogens is 5. The molecule has 0 radical (unpaired) electrons. The molecule has 1 unspecified atom stereocenters. The lowest BCUT2D eigenvalue weighted by atomic mass is 10.0. The third kappa shape index (κ3) is 21.3. The maximum absolute atomic E-state index is 12.8. The Morgan fingerprint density at radius 1 is 0.383 bits per heavy atom. The van der Waals surface area contributed by atoms with Gasteiger partial charge < -0.3 is 96.6 Å². The summed E-state index contributed by atoms with van der Waals surface area (Å²) in [4.78, 5) is 103. The van der Waals surface area contributed by atoms with Gasteiger partial charge in [0.25, 0.3) is 27.8 Å². The van der Waals surface area contributed by atoms with Crippen LogP contribution < -0.4 is 56.8 Å². The molecule has 23 rings (SSSR count). The van der Waals surface area contributed by atoms with Crippen molar-refractivity contribution in [1.82, 2.24) is 87.8 Å². The fourth-order valence-electron chi connectivity index (χ4n) is 17.5. The van der Waals surface area contributed by atoms with Crippen LogP contribution >= 0.6 is 0 Å². The molecule has 3 aliphatic heterocycles. The molecule has 31 nitrogen and oxygen atoms in total. The number of morpholine rings is 1. The first-order chi connectivity index (χ1) is 69.2. The molecule has 3 saturated heterocycles. The highest BCUT2D eigenvalue weighted by Crippen LogP contribution is 2.38. The number of β-amino-alcohol motifs (C(OH)–C–C–N with tert-alkyl or cyclic N) is 1. The average Bonchev–Trinajstić information content (AvgIpc) is 1.59. The van der Waals surface area contributed by atoms with Gasteiger partial charge in [-0.2, -0.15) is 0 Å². The van der Waals surface area contributed by atoms with Gasteiger partial charge in [-0.25, -0.2) is 24.9 Å². The lowest BCUT2D eigenvalue weighted by molar-refractivity contribution is 0.00465. The minimum atomic E-state index is -0.585. The normalized spacial score (nSPS) is 13.4. The van der Waals surface area contributed by atoms with Crippen LogP contribution in [0.4, 0.5) is 0 Å². The number of methoxy groups -OCH3 is 1. The zero-order valence-corrected chi connectivity index (χ0v) is 77.3. The Bertz CT molecular complexity index is 7950. The summed E-state index contributed by atoms with van der Waals surface area (Å²) in [6, 6.07) is 87.9. The van der Waals surface area contributed by atoms with Crippen LogP contribution in [0.15, 0.2) is 360 Å². The Hall–Kier alpha value is -16.9. The van der Waals surface area contributed by atoms with Gasteiger partial charge in [0.05, 0.1) is 99.0 Å². The highest BCUT2D eigenvalue weighted by atomic mass is 16.5. The number of likely N-dealkylation sites (tertiary alicyclic amines) is 1. The van der Waals surface area contributed by atoms with Crippen LogP contribution in [0.2, 0.25) is 0 Å². The second kappa shape index (κ2) is 43.6. The van der Waals surface area contributed by atoms with Gasteiger partial charge >= 0.3 is 0 Å². The predicted molar refractivity (Wildman–Crippen MR) is 546 cm³/mol. The zero-order valence-electron chi connectivity index (χ0n) is 77.3. The van der Waals surface area contributed by atoms with Gasteiger partial charge in [-0.1, -0.05) is 158 Å². The molecule has 31 heteroatoms. The fourth-order valence-corrected chi connectivity index (χ4v) is 17.5. The first-order valence-corrected chi connectivity index (χ1v) is 46.5. The van der Waals surface area contributed by atoms with Crippen molar-refractivity contribution in [3.05, 3.63) is 387 Å². The van der Waals surface area contributed by atoms with Gasteiger partial charge in [0.2, 0.25) is 0 Å². The third-order valence-electron chi connectivity index (χ3n) is 24.7. The summed E-state index contributed by atoms with van der Waals surface area (Å²) in [6.45, 7) is 10.1. The predicted octanol–water partition coefficient (Wildman–Crippen LogP) is 15.3. The van der Waals surface area contributed by atoms with Crippen LogP contribution in [0.1, 0.15) is 6.42 Å². The van der Waals surface area contributed by atoms with Crippen molar-refractivity contribution in [1.29, 1.82) is 0 Å². The van der Waals surface area contributed by atoms with E-state index in [0.717, 1.165) is 154 Å². The van der Waals surface area contributed by atoms with Gasteiger partial charge in [-0.15, -0.1) is 0 Å². The number of para-hydroxylation sites is 4. The van der Waals surface area contributed by atoms with Crippen molar-refractivity contribution in [2.75, 3.05) is 106 Å².